The molecule has 110 valence electrons. The van der Waals surface area contributed by atoms with Crippen molar-refractivity contribution in [3.63, 3.8) is 0 Å². The van der Waals surface area contributed by atoms with Crippen molar-refractivity contribution in [3.05, 3.63) is 58.7 Å². The lowest BCUT2D eigenvalue weighted by Crippen LogP contribution is -1.90. The van der Waals surface area contributed by atoms with Crippen molar-refractivity contribution in [1.82, 2.24) is 0 Å². The molecule has 4 heteroatoms. The number of hydrogen-bond acceptors (Lipinski definition) is 2. The van der Waals surface area contributed by atoms with Crippen LogP contribution >= 0.6 is 0 Å². The standard InChI is InChI=1S/C17H16F2O2/c1-10(2)17-15(20)8-11(9-16(17)21)6-7-12-13(18)4-3-5-14(12)19/h3-10,20-21H,1-2H3. The highest BCUT2D eigenvalue weighted by molar-refractivity contribution is 5.72. The molecule has 0 aliphatic rings. The fourth-order valence-electron chi connectivity index (χ4n) is 2.18. The Kier molecular flexibility index (Phi) is 4.26. The maximum atomic E-state index is 13.5. The predicted octanol–water partition coefficient (Wildman–Crippen LogP) is 4.67. The first-order valence-electron chi connectivity index (χ1n) is 6.58. The van der Waals surface area contributed by atoms with Crippen molar-refractivity contribution in [1.29, 1.82) is 0 Å². The third kappa shape index (κ3) is 3.21. The largest absolute Gasteiger partial charge is 0.507 e. The smallest absolute Gasteiger partial charge is 0.133 e. The van der Waals surface area contributed by atoms with E-state index in [9.17, 15) is 19.0 Å². The first-order chi connectivity index (χ1) is 9.90. The average molecular weight is 290 g/mol. The second-order valence-electron chi connectivity index (χ2n) is 5.10. The van der Waals surface area contributed by atoms with Crippen molar-refractivity contribution >= 4 is 12.2 Å². The molecule has 0 spiro atoms. The Morgan fingerprint density at radius 1 is 0.952 bits per heavy atom. The van der Waals surface area contributed by atoms with Crippen LogP contribution in [0.1, 0.15) is 36.5 Å². The summed E-state index contributed by atoms with van der Waals surface area (Å²) in [5.74, 6) is -1.46. The van der Waals surface area contributed by atoms with Gasteiger partial charge in [-0.15, -0.1) is 0 Å². The van der Waals surface area contributed by atoms with Crippen LogP contribution in [-0.2, 0) is 0 Å². The lowest BCUT2D eigenvalue weighted by Gasteiger charge is -2.11. The van der Waals surface area contributed by atoms with Crippen molar-refractivity contribution in [2.75, 3.05) is 0 Å². The SMILES string of the molecule is CC(C)c1c(O)cc(C=Cc2c(F)cccc2F)cc1O. The Morgan fingerprint density at radius 2 is 1.48 bits per heavy atom. The van der Waals surface area contributed by atoms with Crippen LogP contribution in [0, 0.1) is 11.6 Å². The second-order valence-corrected chi connectivity index (χ2v) is 5.10. The van der Waals surface area contributed by atoms with Gasteiger partial charge in [0.1, 0.15) is 23.1 Å². The van der Waals surface area contributed by atoms with Gasteiger partial charge in [-0.2, -0.15) is 0 Å². The molecule has 2 nitrogen and oxygen atoms in total. The first-order valence-corrected chi connectivity index (χ1v) is 6.58. The summed E-state index contributed by atoms with van der Waals surface area (Å²) in [6.45, 7) is 3.69. The zero-order valence-electron chi connectivity index (χ0n) is 11.8. The van der Waals surface area contributed by atoms with Crippen LogP contribution in [0.4, 0.5) is 8.78 Å². The van der Waals surface area contributed by atoms with E-state index < -0.39 is 11.6 Å². The quantitative estimate of drug-likeness (QED) is 0.806. The van der Waals surface area contributed by atoms with Crippen molar-refractivity contribution < 1.29 is 19.0 Å². The van der Waals surface area contributed by atoms with Crippen LogP contribution in [0.5, 0.6) is 11.5 Å². The molecule has 0 heterocycles. The van der Waals surface area contributed by atoms with Crippen molar-refractivity contribution in [3.8, 4) is 11.5 Å². The zero-order valence-corrected chi connectivity index (χ0v) is 11.8. The Bertz CT molecular complexity index is 648. The summed E-state index contributed by atoms with van der Waals surface area (Å²) in [4.78, 5) is 0. The molecule has 0 atom stereocenters. The Hall–Kier alpha value is -2.36. The summed E-state index contributed by atoms with van der Waals surface area (Å²) in [6.07, 6.45) is 2.71. The number of halogens is 2. The molecule has 0 radical (unpaired) electrons. The van der Waals surface area contributed by atoms with Gasteiger partial charge in [0, 0.05) is 11.1 Å². The fraction of sp³-hybridized carbons (Fsp3) is 0.176. The molecule has 2 aromatic rings. The minimum absolute atomic E-state index is 0.0351. The maximum absolute atomic E-state index is 13.5. The molecule has 0 unspecified atom stereocenters. The summed E-state index contributed by atoms with van der Waals surface area (Å²) in [7, 11) is 0. The molecule has 0 bridgehead atoms. The lowest BCUT2D eigenvalue weighted by atomic mass is 9.98. The Morgan fingerprint density at radius 3 is 1.95 bits per heavy atom. The highest BCUT2D eigenvalue weighted by Crippen LogP contribution is 2.35. The number of rotatable bonds is 3. The van der Waals surface area contributed by atoms with Gasteiger partial charge < -0.3 is 10.2 Å². The van der Waals surface area contributed by atoms with Crippen molar-refractivity contribution in [2.24, 2.45) is 0 Å². The summed E-state index contributed by atoms with van der Waals surface area (Å²) in [6, 6.07) is 6.52. The van der Waals surface area contributed by atoms with Gasteiger partial charge in [0.15, 0.2) is 0 Å². The Labute approximate surface area is 122 Å². The molecule has 0 saturated heterocycles. The number of phenols is 2. The van der Waals surface area contributed by atoms with Gasteiger partial charge in [0.05, 0.1) is 0 Å². The van der Waals surface area contributed by atoms with E-state index in [4.69, 9.17) is 0 Å². The van der Waals surface area contributed by atoms with Crippen molar-refractivity contribution in [2.45, 2.75) is 19.8 Å². The topological polar surface area (TPSA) is 40.5 Å². The molecule has 0 fully saturated rings. The van der Waals surface area contributed by atoms with Crippen LogP contribution in [0.2, 0.25) is 0 Å². The monoisotopic (exact) mass is 290 g/mol. The third-order valence-corrected chi connectivity index (χ3v) is 3.18. The second kappa shape index (κ2) is 5.95. The van der Waals surface area contributed by atoms with Crippen LogP contribution in [0.25, 0.3) is 12.2 Å². The van der Waals surface area contributed by atoms with E-state index in [1.54, 1.807) is 0 Å². The number of aromatic hydroxyl groups is 2. The highest BCUT2D eigenvalue weighted by Gasteiger charge is 2.12. The molecule has 0 aromatic heterocycles. The predicted molar refractivity (Wildman–Crippen MR) is 79.1 cm³/mol. The Balaban J connectivity index is 2.39. The lowest BCUT2D eigenvalue weighted by molar-refractivity contribution is 0.433. The maximum Gasteiger partial charge on any atom is 0.133 e. The minimum Gasteiger partial charge on any atom is -0.507 e. The summed E-state index contributed by atoms with van der Waals surface area (Å²) >= 11 is 0. The molecule has 2 N–H and O–H groups in total. The summed E-state index contributed by atoms with van der Waals surface area (Å²) in [5, 5.41) is 19.8. The number of hydrogen-bond donors (Lipinski definition) is 2. The molecule has 2 rings (SSSR count). The minimum atomic E-state index is -0.668. The summed E-state index contributed by atoms with van der Waals surface area (Å²) in [5.41, 5.74) is 0.741. The van der Waals surface area contributed by atoms with E-state index in [1.165, 1.54) is 42.5 Å². The average Bonchev–Trinajstić information content (AvgIpc) is 2.36. The fourth-order valence-corrected chi connectivity index (χ4v) is 2.18. The van der Waals surface area contributed by atoms with Gasteiger partial charge in [0.25, 0.3) is 0 Å². The van der Waals surface area contributed by atoms with Gasteiger partial charge in [-0.1, -0.05) is 26.0 Å². The molecule has 0 aliphatic heterocycles. The van der Waals surface area contributed by atoms with Crippen LogP contribution in [0.15, 0.2) is 30.3 Å². The summed E-state index contributed by atoms with van der Waals surface area (Å²) < 4.78 is 27.0. The first kappa shape index (κ1) is 15.0. The van der Waals surface area contributed by atoms with E-state index in [2.05, 4.69) is 0 Å². The van der Waals surface area contributed by atoms with Gasteiger partial charge in [0.2, 0.25) is 0 Å². The van der Waals surface area contributed by atoms with E-state index in [0.29, 0.717) is 11.1 Å². The molecule has 21 heavy (non-hydrogen) atoms. The molecular formula is C17H16F2O2. The molecular weight excluding hydrogens is 274 g/mol. The normalized spacial score (nSPS) is 11.5. The number of phenolic OH excluding ortho intramolecular Hbond substituents is 2. The van der Waals surface area contributed by atoms with Crippen LogP contribution in [0.3, 0.4) is 0 Å². The molecule has 0 saturated carbocycles. The van der Waals surface area contributed by atoms with E-state index >= 15 is 0 Å². The molecule has 0 amide bonds. The van der Waals surface area contributed by atoms with Gasteiger partial charge in [-0.3, -0.25) is 0 Å². The third-order valence-electron chi connectivity index (χ3n) is 3.18. The molecule has 0 aliphatic carbocycles. The van der Waals surface area contributed by atoms with E-state index in [0.717, 1.165) is 0 Å². The molecule has 2 aromatic carbocycles. The van der Waals surface area contributed by atoms with Gasteiger partial charge >= 0.3 is 0 Å². The zero-order chi connectivity index (χ0) is 15.6. The van der Waals surface area contributed by atoms with Crippen LogP contribution in [-0.4, -0.2) is 10.2 Å². The van der Waals surface area contributed by atoms with E-state index in [-0.39, 0.29) is 23.0 Å². The highest BCUT2D eigenvalue weighted by atomic mass is 19.1. The number of benzene rings is 2. The van der Waals surface area contributed by atoms with Gasteiger partial charge in [-0.25, -0.2) is 8.78 Å². The van der Waals surface area contributed by atoms with Crippen LogP contribution < -0.4 is 0 Å². The van der Waals surface area contributed by atoms with Gasteiger partial charge in [-0.05, 0) is 41.8 Å². The van der Waals surface area contributed by atoms with E-state index in [1.807, 2.05) is 13.8 Å².